The number of aryl methyl sites for hydroxylation is 1. The molecule has 0 aliphatic carbocycles. The Balaban J connectivity index is 1.97. The molecule has 0 saturated heterocycles. The number of anilines is 1. The largest absolute Gasteiger partial charge is 0.360 e. The maximum absolute atomic E-state index is 13.6. The number of hydrogen-bond acceptors (Lipinski definition) is 4. The number of carbonyl (C=O) groups is 2. The van der Waals surface area contributed by atoms with Crippen molar-refractivity contribution in [3.8, 4) is 0 Å². The molecule has 0 bridgehead atoms. The lowest BCUT2D eigenvalue weighted by Crippen LogP contribution is -2.37. The van der Waals surface area contributed by atoms with Crippen LogP contribution in [0.1, 0.15) is 24.3 Å². The third kappa shape index (κ3) is 3.65. The highest BCUT2D eigenvalue weighted by atomic mass is 19.1. The van der Waals surface area contributed by atoms with Gasteiger partial charge in [-0.1, -0.05) is 23.4 Å². The molecule has 0 saturated carbocycles. The van der Waals surface area contributed by atoms with Gasteiger partial charge in [-0.15, -0.1) is 0 Å². The van der Waals surface area contributed by atoms with Gasteiger partial charge in [0.05, 0.1) is 6.04 Å². The lowest BCUT2D eigenvalue weighted by Gasteiger charge is -2.14. The third-order valence-electron chi connectivity index (χ3n) is 2.80. The molecule has 1 heterocycles. The second-order valence-electron chi connectivity index (χ2n) is 4.49. The SMILES string of the molecule is Cc1cc(NC(=O)C(=O)NC(C)c2ccccc2F)no1. The van der Waals surface area contributed by atoms with Gasteiger partial charge < -0.3 is 9.84 Å². The van der Waals surface area contributed by atoms with E-state index in [4.69, 9.17) is 4.52 Å². The van der Waals surface area contributed by atoms with Crippen molar-refractivity contribution in [3.63, 3.8) is 0 Å². The van der Waals surface area contributed by atoms with Crippen molar-refractivity contribution in [3.05, 3.63) is 47.5 Å². The summed E-state index contributed by atoms with van der Waals surface area (Å²) >= 11 is 0. The Morgan fingerprint density at radius 2 is 2.00 bits per heavy atom. The van der Waals surface area contributed by atoms with Gasteiger partial charge in [0.15, 0.2) is 5.82 Å². The number of halogens is 1. The van der Waals surface area contributed by atoms with E-state index < -0.39 is 23.7 Å². The number of nitrogens with one attached hydrogen (secondary N) is 2. The second-order valence-corrected chi connectivity index (χ2v) is 4.49. The molecule has 1 aromatic carbocycles. The molecular formula is C14H14FN3O3. The van der Waals surface area contributed by atoms with Crippen LogP contribution < -0.4 is 10.6 Å². The molecule has 1 unspecified atom stereocenters. The molecular weight excluding hydrogens is 277 g/mol. The number of rotatable bonds is 3. The van der Waals surface area contributed by atoms with E-state index in [1.807, 2.05) is 0 Å². The van der Waals surface area contributed by atoms with Crippen LogP contribution in [0.4, 0.5) is 10.2 Å². The molecule has 0 radical (unpaired) electrons. The van der Waals surface area contributed by atoms with E-state index in [0.717, 1.165) is 0 Å². The van der Waals surface area contributed by atoms with E-state index in [-0.39, 0.29) is 5.82 Å². The minimum atomic E-state index is -0.897. The van der Waals surface area contributed by atoms with Crippen LogP contribution >= 0.6 is 0 Å². The first kappa shape index (κ1) is 14.7. The number of nitrogens with zero attached hydrogens (tertiary/aromatic N) is 1. The molecule has 0 spiro atoms. The normalized spacial score (nSPS) is 11.8. The standard InChI is InChI=1S/C14H14FN3O3/c1-8-7-12(18-21-8)17-14(20)13(19)16-9(2)10-5-3-4-6-11(10)15/h3-7,9H,1-2H3,(H,16,19)(H,17,18,20). The molecule has 0 aliphatic heterocycles. The Kier molecular flexibility index (Phi) is 4.32. The monoisotopic (exact) mass is 291 g/mol. The van der Waals surface area contributed by atoms with Crippen molar-refractivity contribution in [2.45, 2.75) is 19.9 Å². The van der Waals surface area contributed by atoms with Gasteiger partial charge in [-0.25, -0.2) is 4.39 Å². The van der Waals surface area contributed by atoms with Crippen LogP contribution in [-0.2, 0) is 9.59 Å². The van der Waals surface area contributed by atoms with Crippen molar-refractivity contribution in [2.75, 3.05) is 5.32 Å². The van der Waals surface area contributed by atoms with Crippen LogP contribution in [0, 0.1) is 12.7 Å². The van der Waals surface area contributed by atoms with Crippen molar-refractivity contribution in [1.29, 1.82) is 0 Å². The average molecular weight is 291 g/mol. The Morgan fingerprint density at radius 3 is 2.62 bits per heavy atom. The molecule has 2 rings (SSSR count). The summed E-state index contributed by atoms with van der Waals surface area (Å²) in [4.78, 5) is 23.4. The van der Waals surface area contributed by atoms with E-state index in [2.05, 4.69) is 15.8 Å². The Hall–Kier alpha value is -2.70. The predicted molar refractivity (Wildman–Crippen MR) is 72.8 cm³/mol. The summed E-state index contributed by atoms with van der Waals surface area (Å²) in [7, 11) is 0. The molecule has 0 aliphatic rings. The van der Waals surface area contributed by atoms with Crippen LogP contribution in [0.3, 0.4) is 0 Å². The molecule has 2 aromatic rings. The van der Waals surface area contributed by atoms with E-state index in [1.165, 1.54) is 12.1 Å². The molecule has 1 atom stereocenters. The molecule has 7 heteroatoms. The Labute approximate surface area is 120 Å². The van der Waals surface area contributed by atoms with Gasteiger partial charge in [0, 0.05) is 11.6 Å². The molecule has 110 valence electrons. The molecule has 2 N–H and O–H groups in total. The topological polar surface area (TPSA) is 84.2 Å². The smallest absolute Gasteiger partial charge is 0.314 e. The van der Waals surface area contributed by atoms with Crippen LogP contribution in [0.25, 0.3) is 0 Å². The summed E-state index contributed by atoms with van der Waals surface area (Å²) < 4.78 is 18.3. The fourth-order valence-corrected chi connectivity index (χ4v) is 1.76. The highest BCUT2D eigenvalue weighted by molar-refractivity contribution is 6.39. The number of benzene rings is 1. The summed E-state index contributed by atoms with van der Waals surface area (Å²) in [5, 5.41) is 8.24. The van der Waals surface area contributed by atoms with Crippen molar-refractivity contribution in [2.24, 2.45) is 0 Å². The zero-order chi connectivity index (χ0) is 15.4. The van der Waals surface area contributed by atoms with Gasteiger partial charge in [0.2, 0.25) is 0 Å². The molecule has 1 aromatic heterocycles. The molecule has 6 nitrogen and oxygen atoms in total. The number of carbonyl (C=O) groups excluding carboxylic acids is 2. The van der Waals surface area contributed by atoms with Crippen molar-refractivity contribution >= 4 is 17.6 Å². The minimum Gasteiger partial charge on any atom is -0.360 e. The Bertz CT molecular complexity index is 669. The predicted octanol–water partition coefficient (Wildman–Crippen LogP) is 1.94. The quantitative estimate of drug-likeness (QED) is 0.846. The first-order valence-corrected chi connectivity index (χ1v) is 6.27. The fraction of sp³-hybridized carbons (Fsp3) is 0.214. The number of amides is 2. The van der Waals surface area contributed by atoms with Gasteiger partial charge in [0.1, 0.15) is 11.6 Å². The lowest BCUT2D eigenvalue weighted by atomic mass is 10.1. The van der Waals surface area contributed by atoms with Crippen LogP contribution in [0.2, 0.25) is 0 Å². The first-order valence-electron chi connectivity index (χ1n) is 6.27. The average Bonchev–Trinajstić information content (AvgIpc) is 2.84. The van der Waals surface area contributed by atoms with Gasteiger partial charge in [0.25, 0.3) is 0 Å². The van der Waals surface area contributed by atoms with Gasteiger partial charge >= 0.3 is 11.8 Å². The van der Waals surface area contributed by atoms with E-state index >= 15 is 0 Å². The second kappa shape index (κ2) is 6.17. The fourth-order valence-electron chi connectivity index (χ4n) is 1.76. The van der Waals surface area contributed by atoms with Crippen LogP contribution in [-0.4, -0.2) is 17.0 Å². The zero-order valence-corrected chi connectivity index (χ0v) is 11.5. The van der Waals surface area contributed by atoms with Gasteiger partial charge in [-0.3, -0.25) is 14.9 Å². The highest BCUT2D eigenvalue weighted by Gasteiger charge is 2.19. The maximum Gasteiger partial charge on any atom is 0.314 e. The summed E-state index contributed by atoms with van der Waals surface area (Å²) in [6.07, 6.45) is 0. The van der Waals surface area contributed by atoms with Crippen molar-refractivity contribution < 1.29 is 18.5 Å². The summed E-state index contributed by atoms with van der Waals surface area (Å²) in [6.45, 7) is 3.24. The third-order valence-corrected chi connectivity index (χ3v) is 2.80. The summed E-state index contributed by atoms with van der Waals surface area (Å²) in [5.74, 6) is -1.58. The van der Waals surface area contributed by atoms with Crippen molar-refractivity contribution in [1.82, 2.24) is 10.5 Å². The van der Waals surface area contributed by atoms with E-state index in [9.17, 15) is 14.0 Å². The van der Waals surface area contributed by atoms with Crippen LogP contribution in [0.5, 0.6) is 0 Å². The van der Waals surface area contributed by atoms with E-state index in [0.29, 0.717) is 11.3 Å². The summed E-state index contributed by atoms with van der Waals surface area (Å²) in [5.41, 5.74) is 0.302. The zero-order valence-electron chi connectivity index (χ0n) is 11.5. The van der Waals surface area contributed by atoms with E-state index in [1.54, 1.807) is 32.0 Å². The maximum atomic E-state index is 13.6. The first-order chi connectivity index (χ1) is 9.97. The summed E-state index contributed by atoms with van der Waals surface area (Å²) in [6, 6.07) is 6.87. The molecule has 0 fully saturated rings. The van der Waals surface area contributed by atoms with Gasteiger partial charge in [-0.2, -0.15) is 0 Å². The molecule has 2 amide bonds. The Morgan fingerprint density at radius 1 is 1.29 bits per heavy atom. The molecule has 21 heavy (non-hydrogen) atoms. The number of hydrogen-bond donors (Lipinski definition) is 2. The highest BCUT2D eigenvalue weighted by Crippen LogP contribution is 2.16. The van der Waals surface area contributed by atoms with Crippen LogP contribution in [0.15, 0.2) is 34.9 Å². The number of aromatic nitrogens is 1. The van der Waals surface area contributed by atoms with Gasteiger partial charge in [-0.05, 0) is 19.9 Å². The minimum absolute atomic E-state index is 0.145. The lowest BCUT2D eigenvalue weighted by molar-refractivity contribution is -0.136.